The second-order valence-corrected chi connectivity index (χ2v) is 6.23. The molecule has 1 heterocycles. The van der Waals surface area contributed by atoms with Gasteiger partial charge in [0.2, 0.25) is 10.0 Å². The van der Waals surface area contributed by atoms with E-state index in [1.165, 1.54) is 12.1 Å². The highest BCUT2D eigenvalue weighted by Gasteiger charge is 2.15. The van der Waals surface area contributed by atoms with Gasteiger partial charge in [0.15, 0.2) is 0 Å². The molecule has 0 amide bonds. The van der Waals surface area contributed by atoms with Crippen molar-refractivity contribution in [2.75, 3.05) is 7.05 Å². The number of hydrogen-bond donors (Lipinski definition) is 2. The fraction of sp³-hybridized carbons (Fsp3) is 0.214. The Morgan fingerprint density at radius 2 is 1.86 bits per heavy atom. The Labute approximate surface area is 123 Å². The highest BCUT2D eigenvalue weighted by molar-refractivity contribution is 7.89. The minimum atomic E-state index is -3.68. The Morgan fingerprint density at radius 3 is 2.52 bits per heavy atom. The summed E-state index contributed by atoms with van der Waals surface area (Å²) in [4.78, 5) is 3.91. The van der Waals surface area contributed by atoms with Crippen molar-refractivity contribution in [3.05, 3.63) is 59.7 Å². The van der Waals surface area contributed by atoms with E-state index < -0.39 is 15.8 Å². The third kappa shape index (κ3) is 4.07. The maximum atomic E-state index is 13.5. The van der Waals surface area contributed by atoms with Crippen molar-refractivity contribution in [2.24, 2.45) is 0 Å². The first-order chi connectivity index (χ1) is 10.0. The van der Waals surface area contributed by atoms with Gasteiger partial charge in [0.1, 0.15) is 5.82 Å². The van der Waals surface area contributed by atoms with Crippen LogP contribution in [0, 0.1) is 5.82 Å². The van der Waals surface area contributed by atoms with Crippen molar-refractivity contribution in [3.63, 3.8) is 0 Å². The monoisotopic (exact) mass is 309 g/mol. The summed E-state index contributed by atoms with van der Waals surface area (Å²) in [5.74, 6) is -0.433. The lowest BCUT2D eigenvalue weighted by atomic mass is 10.2. The summed E-state index contributed by atoms with van der Waals surface area (Å²) in [5.41, 5.74) is 1.11. The van der Waals surface area contributed by atoms with Gasteiger partial charge in [0.05, 0.1) is 4.90 Å². The van der Waals surface area contributed by atoms with Gasteiger partial charge in [-0.3, -0.25) is 4.98 Å². The second-order valence-electron chi connectivity index (χ2n) is 4.46. The molecule has 0 radical (unpaired) electrons. The minimum absolute atomic E-state index is 0.0446. The van der Waals surface area contributed by atoms with E-state index in [1.54, 1.807) is 31.6 Å². The molecule has 21 heavy (non-hydrogen) atoms. The minimum Gasteiger partial charge on any atom is -0.316 e. The highest BCUT2D eigenvalue weighted by Crippen LogP contribution is 2.15. The van der Waals surface area contributed by atoms with E-state index in [0.717, 1.165) is 11.6 Å². The lowest BCUT2D eigenvalue weighted by Gasteiger charge is -2.09. The summed E-state index contributed by atoms with van der Waals surface area (Å²) in [6.07, 6.45) is 3.18. The predicted molar refractivity (Wildman–Crippen MR) is 77.4 cm³/mol. The summed E-state index contributed by atoms with van der Waals surface area (Å²) in [6, 6.07) is 7.19. The zero-order valence-electron chi connectivity index (χ0n) is 11.5. The molecule has 0 bridgehead atoms. The summed E-state index contributed by atoms with van der Waals surface area (Å²) in [5, 5.41) is 2.80. The van der Waals surface area contributed by atoms with E-state index in [0.29, 0.717) is 5.56 Å². The van der Waals surface area contributed by atoms with Crippen LogP contribution >= 0.6 is 0 Å². The number of nitrogens with one attached hydrogen (secondary N) is 2. The van der Waals surface area contributed by atoms with Crippen LogP contribution in [0.2, 0.25) is 0 Å². The fourth-order valence-electron chi connectivity index (χ4n) is 1.81. The maximum Gasteiger partial charge on any atom is 0.240 e. The van der Waals surface area contributed by atoms with Gasteiger partial charge in [0.25, 0.3) is 0 Å². The van der Waals surface area contributed by atoms with Crippen LogP contribution in [0.4, 0.5) is 4.39 Å². The lowest BCUT2D eigenvalue weighted by Crippen LogP contribution is -2.23. The van der Waals surface area contributed by atoms with Crippen molar-refractivity contribution in [3.8, 4) is 0 Å². The Bertz CT molecular complexity index is 705. The van der Waals surface area contributed by atoms with Crippen LogP contribution in [0.5, 0.6) is 0 Å². The molecule has 1 aromatic carbocycles. The van der Waals surface area contributed by atoms with Crippen LogP contribution in [0.1, 0.15) is 11.1 Å². The van der Waals surface area contributed by atoms with E-state index in [4.69, 9.17) is 0 Å². The van der Waals surface area contributed by atoms with Crippen LogP contribution in [-0.4, -0.2) is 20.4 Å². The number of halogens is 1. The standard InChI is InChI=1S/C14H16FN3O2S/c1-16-10-12-8-13(2-3-14(12)15)21(19,20)18-9-11-4-6-17-7-5-11/h2-8,16,18H,9-10H2,1H3. The molecule has 0 spiro atoms. The first kappa shape index (κ1) is 15.6. The zero-order chi connectivity index (χ0) is 15.3. The van der Waals surface area contributed by atoms with Crippen molar-refractivity contribution in [1.82, 2.24) is 15.0 Å². The first-order valence-electron chi connectivity index (χ1n) is 6.34. The molecule has 1 aromatic heterocycles. The molecule has 0 aliphatic rings. The second kappa shape index (κ2) is 6.75. The summed E-state index contributed by atoms with van der Waals surface area (Å²) in [7, 11) is -2.01. The van der Waals surface area contributed by atoms with Gasteiger partial charge in [0, 0.05) is 31.0 Å². The Balaban J connectivity index is 2.17. The number of aromatic nitrogens is 1. The maximum absolute atomic E-state index is 13.5. The molecule has 0 saturated carbocycles. The highest BCUT2D eigenvalue weighted by atomic mass is 32.2. The van der Waals surface area contributed by atoms with E-state index in [1.807, 2.05) is 0 Å². The van der Waals surface area contributed by atoms with Gasteiger partial charge in [-0.25, -0.2) is 17.5 Å². The number of pyridine rings is 1. The van der Waals surface area contributed by atoms with Gasteiger partial charge in [-0.2, -0.15) is 0 Å². The molecule has 0 unspecified atom stereocenters. The molecule has 112 valence electrons. The zero-order valence-corrected chi connectivity index (χ0v) is 12.3. The predicted octanol–water partition coefficient (Wildman–Crippen LogP) is 1.42. The molecule has 0 fully saturated rings. The van der Waals surface area contributed by atoms with Gasteiger partial charge in [-0.15, -0.1) is 0 Å². The average Bonchev–Trinajstić information content (AvgIpc) is 2.49. The number of sulfonamides is 1. The third-order valence-corrected chi connectivity index (χ3v) is 4.31. The van der Waals surface area contributed by atoms with Crippen LogP contribution < -0.4 is 10.0 Å². The van der Waals surface area contributed by atoms with Gasteiger partial charge < -0.3 is 5.32 Å². The molecular weight excluding hydrogens is 293 g/mol. The summed E-state index contributed by atoms with van der Waals surface area (Å²) >= 11 is 0. The molecule has 5 nitrogen and oxygen atoms in total. The van der Waals surface area contributed by atoms with E-state index in [-0.39, 0.29) is 18.0 Å². The van der Waals surface area contributed by atoms with Crippen LogP contribution in [0.15, 0.2) is 47.6 Å². The quantitative estimate of drug-likeness (QED) is 0.846. The van der Waals surface area contributed by atoms with Crippen molar-refractivity contribution >= 4 is 10.0 Å². The van der Waals surface area contributed by atoms with E-state index in [9.17, 15) is 12.8 Å². The van der Waals surface area contributed by atoms with Crippen molar-refractivity contribution in [1.29, 1.82) is 0 Å². The topological polar surface area (TPSA) is 71.1 Å². The van der Waals surface area contributed by atoms with E-state index >= 15 is 0 Å². The largest absolute Gasteiger partial charge is 0.316 e. The van der Waals surface area contributed by atoms with Crippen molar-refractivity contribution < 1.29 is 12.8 Å². The molecular formula is C14H16FN3O2S. The molecule has 0 atom stereocenters. The Kier molecular flexibility index (Phi) is 5.00. The first-order valence-corrected chi connectivity index (χ1v) is 7.83. The molecule has 0 aliphatic carbocycles. The fourth-order valence-corrected chi connectivity index (χ4v) is 2.87. The molecule has 0 saturated heterocycles. The van der Waals surface area contributed by atoms with Crippen LogP contribution in [-0.2, 0) is 23.1 Å². The Hall–Kier alpha value is -1.83. The molecule has 2 N–H and O–H groups in total. The molecule has 2 rings (SSSR count). The number of hydrogen-bond acceptors (Lipinski definition) is 4. The normalized spacial score (nSPS) is 11.5. The average molecular weight is 309 g/mol. The summed E-state index contributed by atoms with van der Waals surface area (Å²) < 4.78 is 40.4. The SMILES string of the molecule is CNCc1cc(S(=O)(=O)NCc2ccncc2)ccc1F. The summed E-state index contributed by atoms with van der Waals surface area (Å²) in [6.45, 7) is 0.420. The number of benzene rings is 1. The lowest BCUT2D eigenvalue weighted by molar-refractivity contribution is 0.577. The Morgan fingerprint density at radius 1 is 1.14 bits per heavy atom. The van der Waals surface area contributed by atoms with Crippen LogP contribution in [0.25, 0.3) is 0 Å². The van der Waals surface area contributed by atoms with Gasteiger partial charge >= 0.3 is 0 Å². The number of nitrogens with zero attached hydrogens (tertiary/aromatic N) is 1. The number of rotatable bonds is 6. The smallest absolute Gasteiger partial charge is 0.240 e. The van der Waals surface area contributed by atoms with Gasteiger partial charge in [-0.05, 0) is 42.9 Å². The molecule has 0 aliphatic heterocycles. The van der Waals surface area contributed by atoms with Crippen molar-refractivity contribution in [2.45, 2.75) is 18.0 Å². The molecule has 7 heteroatoms. The van der Waals surface area contributed by atoms with E-state index in [2.05, 4.69) is 15.0 Å². The molecule has 2 aromatic rings. The van der Waals surface area contributed by atoms with Crippen LogP contribution in [0.3, 0.4) is 0 Å². The third-order valence-electron chi connectivity index (χ3n) is 2.91. The van der Waals surface area contributed by atoms with Gasteiger partial charge in [-0.1, -0.05) is 0 Å².